The van der Waals surface area contributed by atoms with E-state index in [0.29, 0.717) is 24.9 Å². The summed E-state index contributed by atoms with van der Waals surface area (Å²) in [6.07, 6.45) is 0.898. The number of nitrogens with one attached hydrogen (secondary N) is 1. The lowest BCUT2D eigenvalue weighted by Gasteiger charge is -2.38. The smallest absolute Gasteiger partial charge is 0.249 e. The molecule has 0 bridgehead atoms. The van der Waals surface area contributed by atoms with Gasteiger partial charge in [-0.3, -0.25) is 4.79 Å². The van der Waals surface area contributed by atoms with Crippen LogP contribution in [0.15, 0.2) is 48.5 Å². The molecule has 1 aliphatic carbocycles. The Bertz CT molecular complexity index is 1110. The summed E-state index contributed by atoms with van der Waals surface area (Å²) in [7, 11) is -3.52. The molecule has 4 rings (SSSR count). The van der Waals surface area contributed by atoms with E-state index < -0.39 is 46.8 Å². The van der Waals surface area contributed by atoms with Crippen LogP contribution in [0.25, 0.3) is 11.1 Å². The maximum absolute atomic E-state index is 13.6. The third-order valence-corrected chi connectivity index (χ3v) is 6.89. The van der Waals surface area contributed by atoms with Crippen molar-refractivity contribution in [3.8, 4) is 11.1 Å². The molecule has 0 spiro atoms. The summed E-state index contributed by atoms with van der Waals surface area (Å²) in [6.45, 7) is 0.308. The van der Waals surface area contributed by atoms with Gasteiger partial charge in [-0.1, -0.05) is 36.4 Å². The van der Waals surface area contributed by atoms with Gasteiger partial charge in [0.2, 0.25) is 21.9 Å². The number of hydrogen-bond donors (Lipinski definition) is 1. The van der Waals surface area contributed by atoms with Crippen LogP contribution in [0.2, 0.25) is 0 Å². The van der Waals surface area contributed by atoms with Crippen molar-refractivity contribution < 1.29 is 26.4 Å². The van der Waals surface area contributed by atoms with E-state index in [1.54, 1.807) is 17.0 Å². The van der Waals surface area contributed by atoms with Crippen molar-refractivity contribution in [3.05, 3.63) is 59.9 Å². The van der Waals surface area contributed by atoms with Crippen LogP contribution in [-0.2, 0) is 21.2 Å². The highest BCUT2D eigenvalue weighted by Gasteiger charge is 2.51. The van der Waals surface area contributed by atoms with Crippen molar-refractivity contribution >= 4 is 15.9 Å². The van der Waals surface area contributed by atoms with Crippen molar-refractivity contribution in [2.24, 2.45) is 5.92 Å². The lowest BCUT2D eigenvalue weighted by molar-refractivity contribution is -0.160. The number of carbonyl (C=O) groups excluding carboxylic acids is 1. The second-order valence-electron chi connectivity index (χ2n) is 8.76. The van der Waals surface area contributed by atoms with Gasteiger partial charge in [-0.25, -0.2) is 26.3 Å². The summed E-state index contributed by atoms with van der Waals surface area (Å²) in [4.78, 5) is 14.5. The van der Waals surface area contributed by atoms with Gasteiger partial charge < -0.3 is 4.90 Å². The zero-order valence-electron chi connectivity index (χ0n) is 17.6. The van der Waals surface area contributed by atoms with E-state index in [0.717, 1.165) is 17.4 Å². The van der Waals surface area contributed by atoms with E-state index in [9.17, 15) is 26.4 Å². The van der Waals surface area contributed by atoms with Crippen LogP contribution in [0.5, 0.6) is 0 Å². The average Bonchev–Trinajstić information content (AvgIpc) is 3.06. The number of rotatable bonds is 6. The highest BCUT2D eigenvalue weighted by molar-refractivity contribution is 7.88. The molecule has 0 unspecified atom stereocenters. The first-order chi connectivity index (χ1) is 15.0. The monoisotopic (exact) mass is 466 g/mol. The fourth-order valence-corrected chi connectivity index (χ4v) is 5.47. The number of amides is 1. The van der Waals surface area contributed by atoms with Gasteiger partial charge in [0, 0.05) is 31.3 Å². The van der Waals surface area contributed by atoms with E-state index in [1.807, 2.05) is 24.3 Å². The number of sulfonamides is 1. The molecule has 1 aliphatic heterocycles. The molecule has 2 aliphatic rings. The number of alkyl halides is 2. The SMILES string of the molecule is CS(=O)(=O)N[C@H]1CCN(C(=O)C2CC(F)(F)C2)[C@H]1Cc1cccc(-c2cccc(F)c2)c1. The molecule has 1 saturated heterocycles. The van der Waals surface area contributed by atoms with Gasteiger partial charge in [-0.2, -0.15) is 0 Å². The predicted octanol–water partition coefficient (Wildman–Crippen LogP) is 3.60. The molecule has 2 aromatic carbocycles. The number of halogens is 3. The van der Waals surface area contributed by atoms with Crippen LogP contribution >= 0.6 is 0 Å². The summed E-state index contributed by atoms with van der Waals surface area (Å²) in [6, 6.07) is 12.6. The Balaban J connectivity index is 1.58. The summed E-state index contributed by atoms with van der Waals surface area (Å²) >= 11 is 0. The van der Waals surface area contributed by atoms with E-state index >= 15 is 0 Å². The summed E-state index contributed by atoms with van der Waals surface area (Å²) < 4.78 is 66.6. The van der Waals surface area contributed by atoms with Gasteiger partial charge in [0.05, 0.1) is 12.3 Å². The van der Waals surface area contributed by atoms with Crippen LogP contribution in [0.4, 0.5) is 13.2 Å². The highest BCUT2D eigenvalue weighted by atomic mass is 32.2. The van der Waals surface area contributed by atoms with Crippen molar-refractivity contribution in [3.63, 3.8) is 0 Å². The van der Waals surface area contributed by atoms with Crippen LogP contribution in [0.3, 0.4) is 0 Å². The zero-order chi connectivity index (χ0) is 23.1. The van der Waals surface area contributed by atoms with Crippen LogP contribution in [-0.4, -0.2) is 50.0 Å². The van der Waals surface area contributed by atoms with Gasteiger partial charge in [-0.15, -0.1) is 0 Å². The fourth-order valence-electron chi connectivity index (χ4n) is 4.65. The Labute approximate surface area is 185 Å². The zero-order valence-corrected chi connectivity index (χ0v) is 18.4. The van der Waals surface area contributed by atoms with Crippen molar-refractivity contribution in [1.82, 2.24) is 9.62 Å². The first-order valence-electron chi connectivity index (χ1n) is 10.5. The molecule has 0 aromatic heterocycles. The van der Waals surface area contributed by atoms with Gasteiger partial charge in [-0.05, 0) is 41.7 Å². The molecular weight excluding hydrogens is 441 g/mol. The lowest BCUT2D eigenvalue weighted by atomic mass is 9.80. The third-order valence-electron chi connectivity index (χ3n) is 6.16. The summed E-state index contributed by atoms with van der Waals surface area (Å²) in [5.41, 5.74) is 2.34. The molecule has 2 aromatic rings. The summed E-state index contributed by atoms with van der Waals surface area (Å²) in [5, 5.41) is 0. The molecule has 5 nitrogen and oxygen atoms in total. The van der Waals surface area contributed by atoms with Crippen LogP contribution < -0.4 is 4.72 Å². The van der Waals surface area contributed by atoms with Gasteiger partial charge in [0.1, 0.15) is 5.82 Å². The van der Waals surface area contributed by atoms with E-state index in [2.05, 4.69) is 4.72 Å². The lowest BCUT2D eigenvalue weighted by Crippen LogP contribution is -2.52. The molecule has 32 heavy (non-hydrogen) atoms. The van der Waals surface area contributed by atoms with E-state index in [-0.39, 0.29) is 11.7 Å². The minimum atomic E-state index is -3.52. The molecule has 2 fully saturated rings. The normalized spacial score (nSPS) is 23.2. The third kappa shape index (κ3) is 5.15. The Morgan fingerprint density at radius 2 is 1.78 bits per heavy atom. The van der Waals surface area contributed by atoms with Crippen molar-refractivity contribution in [2.45, 2.75) is 43.7 Å². The number of benzene rings is 2. The number of likely N-dealkylation sites (tertiary alicyclic amines) is 1. The minimum Gasteiger partial charge on any atom is -0.337 e. The van der Waals surface area contributed by atoms with Crippen molar-refractivity contribution in [2.75, 3.05) is 12.8 Å². The molecule has 9 heteroatoms. The molecule has 172 valence electrons. The maximum atomic E-state index is 13.6. The Morgan fingerprint density at radius 3 is 2.41 bits per heavy atom. The van der Waals surface area contributed by atoms with Gasteiger partial charge in [0.25, 0.3) is 0 Å². The van der Waals surface area contributed by atoms with E-state index in [1.165, 1.54) is 12.1 Å². The number of carbonyl (C=O) groups is 1. The van der Waals surface area contributed by atoms with E-state index in [4.69, 9.17) is 0 Å². The number of nitrogens with zero attached hydrogens (tertiary/aromatic N) is 1. The van der Waals surface area contributed by atoms with Gasteiger partial charge in [0.15, 0.2) is 0 Å². The minimum absolute atomic E-state index is 0.308. The Kier molecular flexibility index (Phi) is 6.06. The van der Waals surface area contributed by atoms with Crippen LogP contribution in [0.1, 0.15) is 24.8 Å². The molecule has 1 amide bonds. The largest absolute Gasteiger partial charge is 0.337 e. The second-order valence-corrected chi connectivity index (χ2v) is 10.5. The molecule has 1 saturated carbocycles. The molecular formula is C23H25F3N2O3S. The Hall–Kier alpha value is -2.39. The molecule has 2 atom stereocenters. The molecule has 1 N–H and O–H groups in total. The standard InChI is InChI=1S/C23H25F3N2O3S/c1-32(30,31)27-20-8-9-28(22(29)18-13-23(25,26)14-18)21(20)11-15-4-2-5-16(10-15)17-6-3-7-19(24)12-17/h2-7,10,12,18,20-21,27H,8-9,11,13-14H2,1H3/t20-,21-/m0/s1. The van der Waals surface area contributed by atoms with Crippen LogP contribution in [0, 0.1) is 11.7 Å². The van der Waals surface area contributed by atoms with Gasteiger partial charge >= 0.3 is 0 Å². The second kappa shape index (κ2) is 8.51. The Morgan fingerprint density at radius 1 is 1.12 bits per heavy atom. The fraction of sp³-hybridized carbons (Fsp3) is 0.435. The quantitative estimate of drug-likeness (QED) is 0.708. The summed E-state index contributed by atoms with van der Waals surface area (Å²) in [5.74, 6) is -4.24. The molecule has 1 heterocycles. The number of hydrogen-bond acceptors (Lipinski definition) is 3. The first-order valence-corrected chi connectivity index (χ1v) is 12.4. The topological polar surface area (TPSA) is 66.5 Å². The highest BCUT2D eigenvalue weighted by Crippen LogP contribution is 2.44. The van der Waals surface area contributed by atoms with Crippen molar-refractivity contribution in [1.29, 1.82) is 0 Å². The first kappa shape index (κ1) is 22.8. The molecule has 0 radical (unpaired) electrons. The predicted molar refractivity (Wildman–Crippen MR) is 115 cm³/mol. The average molecular weight is 467 g/mol. The maximum Gasteiger partial charge on any atom is 0.249 e.